The van der Waals surface area contributed by atoms with E-state index in [-0.39, 0.29) is 12.5 Å². The summed E-state index contributed by atoms with van der Waals surface area (Å²) >= 11 is 0. The Kier molecular flexibility index (Phi) is 5.20. The molecule has 17 heavy (non-hydrogen) atoms. The van der Waals surface area contributed by atoms with Crippen LogP contribution in [-0.4, -0.2) is 18.2 Å². The quantitative estimate of drug-likeness (QED) is 0.627. The molecular weight excluding hydrogens is 216 g/mol. The van der Waals surface area contributed by atoms with E-state index in [0.717, 1.165) is 12.1 Å². The Morgan fingerprint density at radius 2 is 1.94 bits per heavy atom. The van der Waals surface area contributed by atoms with Gasteiger partial charge >= 0.3 is 0 Å². The van der Waals surface area contributed by atoms with E-state index in [1.807, 2.05) is 38.1 Å². The maximum Gasteiger partial charge on any atom is 0.277 e. The van der Waals surface area contributed by atoms with E-state index >= 15 is 0 Å². The number of benzene rings is 1. The van der Waals surface area contributed by atoms with E-state index in [1.54, 1.807) is 0 Å². The Labute approximate surface area is 102 Å². The SMILES string of the molecule is CCc1ccc(OCC(=O)NN=C(C)C)cc1. The fraction of sp³-hybridized carbons (Fsp3) is 0.385. The van der Waals surface area contributed by atoms with Crippen LogP contribution in [-0.2, 0) is 11.2 Å². The van der Waals surface area contributed by atoms with E-state index < -0.39 is 0 Å². The van der Waals surface area contributed by atoms with Crippen molar-refractivity contribution in [2.45, 2.75) is 27.2 Å². The second-order valence-corrected chi connectivity index (χ2v) is 3.88. The molecule has 1 N–H and O–H groups in total. The zero-order valence-corrected chi connectivity index (χ0v) is 10.5. The van der Waals surface area contributed by atoms with Crippen molar-refractivity contribution in [2.75, 3.05) is 6.61 Å². The van der Waals surface area contributed by atoms with Crippen molar-refractivity contribution in [3.8, 4) is 5.75 Å². The largest absolute Gasteiger partial charge is 0.484 e. The summed E-state index contributed by atoms with van der Waals surface area (Å²) in [7, 11) is 0. The number of rotatable bonds is 5. The lowest BCUT2D eigenvalue weighted by atomic mass is 10.2. The van der Waals surface area contributed by atoms with Gasteiger partial charge in [0.1, 0.15) is 5.75 Å². The van der Waals surface area contributed by atoms with Crippen LogP contribution in [0.3, 0.4) is 0 Å². The van der Waals surface area contributed by atoms with Crippen molar-refractivity contribution in [2.24, 2.45) is 5.10 Å². The molecule has 0 aliphatic rings. The lowest BCUT2D eigenvalue weighted by molar-refractivity contribution is -0.123. The molecule has 0 heterocycles. The van der Waals surface area contributed by atoms with Gasteiger partial charge in [0.25, 0.3) is 5.91 Å². The summed E-state index contributed by atoms with van der Waals surface area (Å²) in [6, 6.07) is 7.70. The fourth-order valence-electron chi connectivity index (χ4n) is 1.18. The highest BCUT2D eigenvalue weighted by molar-refractivity contribution is 5.83. The molecule has 1 amide bonds. The van der Waals surface area contributed by atoms with Crippen molar-refractivity contribution in [3.05, 3.63) is 29.8 Å². The van der Waals surface area contributed by atoms with Crippen molar-refractivity contribution < 1.29 is 9.53 Å². The maximum atomic E-state index is 11.3. The Hall–Kier alpha value is -1.84. The highest BCUT2D eigenvalue weighted by Crippen LogP contribution is 2.12. The summed E-state index contributed by atoms with van der Waals surface area (Å²) in [4.78, 5) is 11.3. The molecule has 92 valence electrons. The lowest BCUT2D eigenvalue weighted by Gasteiger charge is -2.05. The molecule has 0 spiro atoms. The van der Waals surface area contributed by atoms with Crippen LogP contribution >= 0.6 is 0 Å². The molecule has 0 aliphatic heterocycles. The van der Waals surface area contributed by atoms with Crippen LogP contribution in [0, 0.1) is 0 Å². The minimum atomic E-state index is -0.259. The predicted octanol–water partition coefficient (Wildman–Crippen LogP) is 2.14. The molecule has 0 saturated carbocycles. The average molecular weight is 234 g/mol. The zero-order valence-electron chi connectivity index (χ0n) is 10.5. The molecule has 0 bridgehead atoms. The van der Waals surface area contributed by atoms with Crippen LogP contribution in [0.15, 0.2) is 29.4 Å². The summed E-state index contributed by atoms with van der Waals surface area (Å²) < 4.78 is 5.32. The molecule has 0 atom stereocenters. The van der Waals surface area contributed by atoms with Crippen molar-refractivity contribution >= 4 is 11.6 Å². The lowest BCUT2D eigenvalue weighted by Crippen LogP contribution is -2.25. The van der Waals surface area contributed by atoms with Gasteiger partial charge in [0.05, 0.1) is 0 Å². The molecule has 0 aromatic heterocycles. The number of hydrogen-bond donors (Lipinski definition) is 1. The number of hydrazone groups is 1. The monoisotopic (exact) mass is 234 g/mol. The summed E-state index contributed by atoms with van der Waals surface area (Å²) in [5.74, 6) is 0.431. The number of carbonyl (C=O) groups is 1. The van der Waals surface area contributed by atoms with Gasteiger partial charge in [0.15, 0.2) is 6.61 Å². The van der Waals surface area contributed by atoms with Gasteiger partial charge < -0.3 is 4.74 Å². The molecule has 1 aromatic carbocycles. The van der Waals surface area contributed by atoms with E-state index in [1.165, 1.54) is 5.56 Å². The first kappa shape index (κ1) is 13.2. The topological polar surface area (TPSA) is 50.7 Å². The number of carbonyl (C=O) groups excluding carboxylic acids is 1. The van der Waals surface area contributed by atoms with Gasteiger partial charge in [0.2, 0.25) is 0 Å². The zero-order chi connectivity index (χ0) is 12.7. The van der Waals surface area contributed by atoms with Gasteiger partial charge in [-0.15, -0.1) is 0 Å². The van der Waals surface area contributed by atoms with Gasteiger partial charge in [0, 0.05) is 5.71 Å². The third-order valence-electron chi connectivity index (χ3n) is 2.11. The fourth-order valence-corrected chi connectivity index (χ4v) is 1.18. The summed E-state index contributed by atoms with van der Waals surface area (Å²) in [5.41, 5.74) is 4.44. The van der Waals surface area contributed by atoms with Gasteiger partial charge in [-0.3, -0.25) is 4.79 Å². The molecule has 0 radical (unpaired) electrons. The molecule has 0 saturated heterocycles. The minimum absolute atomic E-state index is 0.0255. The first-order valence-corrected chi connectivity index (χ1v) is 5.63. The molecule has 0 fully saturated rings. The van der Waals surface area contributed by atoms with Crippen LogP contribution in [0.5, 0.6) is 5.75 Å². The summed E-state index contributed by atoms with van der Waals surface area (Å²) in [5, 5.41) is 3.80. The van der Waals surface area contributed by atoms with Crippen molar-refractivity contribution in [1.82, 2.24) is 5.43 Å². The number of amides is 1. The average Bonchev–Trinajstić information content (AvgIpc) is 2.34. The highest BCUT2D eigenvalue weighted by atomic mass is 16.5. The van der Waals surface area contributed by atoms with Gasteiger partial charge in [-0.1, -0.05) is 19.1 Å². The Balaban J connectivity index is 2.39. The standard InChI is InChI=1S/C13H18N2O2/c1-4-11-5-7-12(8-6-11)17-9-13(16)15-14-10(2)3/h5-8H,4,9H2,1-3H3,(H,15,16). The molecule has 0 unspecified atom stereocenters. The maximum absolute atomic E-state index is 11.3. The molecule has 1 rings (SSSR count). The summed E-state index contributed by atoms with van der Waals surface area (Å²) in [6.45, 7) is 5.69. The predicted molar refractivity (Wildman–Crippen MR) is 68.2 cm³/mol. The first-order valence-electron chi connectivity index (χ1n) is 5.63. The van der Waals surface area contributed by atoms with Crippen LogP contribution in [0.2, 0.25) is 0 Å². The van der Waals surface area contributed by atoms with Gasteiger partial charge in [-0.05, 0) is 38.0 Å². The second-order valence-electron chi connectivity index (χ2n) is 3.88. The van der Waals surface area contributed by atoms with E-state index in [4.69, 9.17) is 4.74 Å². The summed E-state index contributed by atoms with van der Waals surface area (Å²) in [6.07, 6.45) is 0.991. The molecule has 4 heteroatoms. The molecule has 1 aromatic rings. The normalized spacial score (nSPS) is 9.59. The molecule has 4 nitrogen and oxygen atoms in total. The Bertz CT molecular complexity index is 392. The number of nitrogens with one attached hydrogen (secondary N) is 1. The van der Waals surface area contributed by atoms with Crippen molar-refractivity contribution in [1.29, 1.82) is 0 Å². The highest BCUT2D eigenvalue weighted by Gasteiger charge is 2.01. The van der Waals surface area contributed by atoms with Crippen LogP contribution in [0.4, 0.5) is 0 Å². The van der Waals surface area contributed by atoms with E-state index in [0.29, 0.717) is 5.75 Å². The van der Waals surface area contributed by atoms with Crippen LogP contribution in [0.1, 0.15) is 26.3 Å². The minimum Gasteiger partial charge on any atom is -0.484 e. The van der Waals surface area contributed by atoms with Crippen LogP contribution < -0.4 is 10.2 Å². The van der Waals surface area contributed by atoms with Gasteiger partial charge in [-0.2, -0.15) is 5.10 Å². The van der Waals surface area contributed by atoms with Crippen LogP contribution in [0.25, 0.3) is 0 Å². The first-order chi connectivity index (χ1) is 8.11. The third-order valence-corrected chi connectivity index (χ3v) is 2.11. The van der Waals surface area contributed by atoms with E-state index in [2.05, 4.69) is 17.5 Å². The molecular formula is C13H18N2O2. The number of ether oxygens (including phenoxy) is 1. The van der Waals surface area contributed by atoms with Gasteiger partial charge in [-0.25, -0.2) is 5.43 Å². The second kappa shape index (κ2) is 6.68. The number of nitrogens with zero attached hydrogens (tertiary/aromatic N) is 1. The number of aryl methyl sites for hydroxylation is 1. The Morgan fingerprint density at radius 1 is 1.29 bits per heavy atom. The number of hydrogen-bond acceptors (Lipinski definition) is 3. The van der Waals surface area contributed by atoms with Crippen molar-refractivity contribution in [3.63, 3.8) is 0 Å². The van der Waals surface area contributed by atoms with E-state index in [9.17, 15) is 4.79 Å². The Morgan fingerprint density at radius 3 is 2.47 bits per heavy atom. The smallest absolute Gasteiger partial charge is 0.277 e. The third kappa shape index (κ3) is 5.15. The molecule has 0 aliphatic carbocycles.